The van der Waals surface area contributed by atoms with Crippen molar-refractivity contribution < 1.29 is 23.1 Å². The Kier molecular flexibility index (Phi) is 9.68. The molecule has 1 atom stereocenters. The van der Waals surface area contributed by atoms with Gasteiger partial charge in [0.05, 0.1) is 24.0 Å². The van der Waals surface area contributed by atoms with Crippen molar-refractivity contribution in [3.05, 3.63) is 83.4 Å². The van der Waals surface area contributed by atoms with Crippen LogP contribution in [-0.2, 0) is 16.4 Å². The number of nitrogen functional groups attached to an aromatic ring is 1. The maximum absolute atomic E-state index is 12.4. The van der Waals surface area contributed by atoms with Crippen LogP contribution in [0, 0.1) is 0 Å². The van der Waals surface area contributed by atoms with E-state index in [1.54, 1.807) is 30.3 Å². The van der Waals surface area contributed by atoms with Crippen LogP contribution in [0.15, 0.2) is 66.7 Å². The fourth-order valence-electron chi connectivity index (χ4n) is 3.82. The van der Waals surface area contributed by atoms with Crippen LogP contribution in [0.2, 0.25) is 0 Å². The van der Waals surface area contributed by atoms with E-state index in [1.807, 2.05) is 42.8 Å². The lowest BCUT2D eigenvalue weighted by molar-refractivity contribution is 0.0976. The average Bonchev–Trinajstić information content (AvgIpc) is 2.83. The Balaban J connectivity index is 1.57. The summed E-state index contributed by atoms with van der Waals surface area (Å²) in [6.45, 7) is 4.93. The van der Waals surface area contributed by atoms with Gasteiger partial charge in [-0.1, -0.05) is 42.5 Å². The molecular formula is C28H35N3O5S. The molecule has 0 aromatic heterocycles. The van der Waals surface area contributed by atoms with E-state index in [4.69, 9.17) is 10.5 Å². The van der Waals surface area contributed by atoms with E-state index in [9.17, 15) is 18.3 Å². The zero-order valence-electron chi connectivity index (χ0n) is 21.4. The summed E-state index contributed by atoms with van der Waals surface area (Å²) in [5.41, 5.74) is 10.4. The molecule has 0 spiro atoms. The number of aliphatic hydroxyl groups is 1. The van der Waals surface area contributed by atoms with E-state index in [1.165, 1.54) is 5.56 Å². The Morgan fingerprint density at radius 3 is 2.27 bits per heavy atom. The number of amides is 1. The molecule has 5 N–H and O–H groups in total. The second-order valence-corrected chi connectivity index (χ2v) is 11.0. The number of aryl methyl sites for hydroxylation is 1. The quantitative estimate of drug-likeness (QED) is 0.210. The molecule has 0 saturated carbocycles. The first-order chi connectivity index (χ1) is 17.5. The van der Waals surface area contributed by atoms with E-state index >= 15 is 0 Å². The van der Waals surface area contributed by atoms with Gasteiger partial charge in [-0.15, -0.1) is 0 Å². The molecule has 0 radical (unpaired) electrons. The lowest BCUT2D eigenvalue weighted by Gasteiger charge is -2.15. The summed E-state index contributed by atoms with van der Waals surface area (Å²) in [7, 11) is -3.69. The zero-order chi connectivity index (χ0) is 27.0. The first-order valence-corrected chi connectivity index (χ1v) is 14.1. The number of rotatable bonds is 12. The van der Waals surface area contributed by atoms with Crippen molar-refractivity contribution in [3.63, 3.8) is 0 Å². The summed E-state index contributed by atoms with van der Waals surface area (Å²) < 4.78 is 30.8. The van der Waals surface area contributed by atoms with Gasteiger partial charge in [-0.2, -0.15) is 0 Å². The van der Waals surface area contributed by atoms with Gasteiger partial charge in [0.1, 0.15) is 5.75 Å². The van der Waals surface area contributed by atoms with E-state index in [-0.39, 0.29) is 11.7 Å². The third-order valence-electron chi connectivity index (χ3n) is 5.63. The lowest BCUT2D eigenvalue weighted by Crippen LogP contribution is -2.30. The van der Waals surface area contributed by atoms with Gasteiger partial charge >= 0.3 is 0 Å². The number of carbonyl (C=O) groups excluding carboxylic acids is 1. The highest BCUT2D eigenvalue weighted by atomic mass is 32.2. The van der Waals surface area contributed by atoms with Crippen molar-refractivity contribution in [2.24, 2.45) is 0 Å². The van der Waals surface area contributed by atoms with Gasteiger partial charge in [0.15, 0.2) is 0 Å². The van der Waals surface area contributed by atoms with E-state index in [2.05, 4.69) is 17.4 Å². The van der Waals surface area contributed by atoms with Gasteiger partial charge in [0.2, 0.25) is 10.0 Å². The van der Waals surface area contributed by atoms with E-state index in [0.29, 0.717) is 18.0 Å². The standard InChI is InChI=1S/C28H35N3O5S/c1-19(2)36-27-17-23(12-15-25(27)28(33)31-37(3,34)35)21-8-6-20(7-9-21)5-4-16-30-18-26(32)22-10-13-24(29)14-11-22/h6-15,17,19,26,30,32H,4-5,16,18,29H2,1-3H3,(H,31,33)/t26-/m0/s1. The number of hydrogen-bond donors (Lipinski definition) is 4. The molecule has 0 heterocycles. The second kappa shape index (κ2) is 12.7. The number of benzene rings is 3. The predicted molar refractivity (Wildman–Crippen MR) is 147 cm³/mol. The molecule has 0 saturated heterocycles. The Morgan fingerprint density at radius 1 is 1.00 bits per heavy atom. The van der Waals surface area contributed by atoms with Crippen molar-refractivity contribution in [2.75, 3.05) is 25.1 Å². The normalized spacial score (nSPS) is 12.4. The first kappa shape index (κ1) is 28.2. The number of hydrogen-bond acceptors (Lipinski definition) is 7. The maximum Gasteiger partial charge on any atom is 0.268 e. The molecule has 0 bridgehead atoms. The zero-order valence-corrected chi connectivity index (χ0v) is 22.2. The number of sulfonamides is 1. The summed E-state index contributed by atoms with van der Waals surface area (Å²) in [4.78, 5) is 12.4. The Hall–Kier alpha value is -3.40. The molecular weight excluding hydrogens is 490 g/mol. The minimum Gasteiger partial charge on any atom is -0.490 e. The minimum atomic E-state index is -3.69. The van der Waals surface area contributed by atoms with E-state index < -0.39 is 22.0 Å². The van der Waals surface area contributed by atoms with Crippen LogP contribution in [-0.4, -0.2) is 44.9 Å². The van der Waals surface area contributed by atoms with Crippen molar-refractivity contribution in [2.45, 2.75) is 38.9 Å². The minimum absolute atomic E-state index is 0.161. The summed E-state index contributed by atoms with van der Waals surface area (Å²) in [5, 5.41) is 13.6. The van der Waals surface area contributed by atoms with Crippen molar-refractivity contribution >= 4 is 21.6 Å². The highest BCUT2D eigenvalue weighted by Gasteiger charge is 2.18. The second-order valence-electron chi connectivity index (χ2n) is 9.27. The Labute approximate surface area is 218 Å². The van der Waals surface area contributed by atoms with Crippen LogP contribution < -0.4 is 20.5 Å². The van der Waals surface area contributed by atoms with Gasteiger partial charge in [-0.3, -0.25) is 4.79 Å². The fourth-order valence-corrected chi connectivity index (χ4v) is 4.27. The fraction of sp³-hybridized carbons (Fsp3) is 0.321. The predicted octanol–water partition coefficient (Wildman–Crippen LogP) is 3.67. The van der Waals surface area contributed by atoms with Crippen LogP contribution in [0.4, 0.5) is 5.69 Å². The van der Waals surface area contributed by atoms with Crippen LogP contribution >= 0.6 is 0 Å². The molecule has 0 aliphatic heterocycles. The molecule has 0 aliphatic rings. The van der Waals surface area contributed by atoms with Crippen molar-refractivity contribution in [1.82, 2.24) is 10.0 Å². The Bertz CT molecular complexity index is 1290. The topological polar surface area (TPSA) is 131 Å². The molecule has 9 heteroatoms. The number of aliphatic hydroxyl groups excluding tert-OH is 1. The third kappa shape index (κ3) is 8.89. The van der Waals surface area contributed by atoms with Crippen molar-refractivity contribution in [1.29, 1.82) is 0 Å². The summed E-state index contributed by atoms with van der Waals surface area (Å²) in [6, 6.07) is 20.5. The molecule has 0 aliphatic carbocycles. The van der Waals surface area contributed by atoms with Gasteiger partial charge in [-0.05, 0) is 79.8 Å². The molecule has 198 valence electrons. The average molecular weight is 526 g/mol. The molecule has 0 fully saturated rings. The summed E-state index contributed by atoms with van der Waals surface area (Å²) >= 11 is 0. The van der Waals surface area contributed by atoms with Gasteiger partial charge in [0, 0.05) is 12.2 Å². The largest absolute Gasteiger partial charge is 0.490 e. The smallest absolute Gasteiger partial charge is 0.268 e. The Morgan fingerprint density at radius 2 is 1.65 bits per heavy atom. The molecule has 3 aromatic rings. The van der Waals surface area contributed by atoms with Gasteiger partial charge in [0.25, 0.3) is 5.91 Å². The first-order valence-electron chi connectivity index (χ1n) is 12.2. The van der Waals surface area contributed by atoms with E-state index in [0.717, 1.165) is 42.3 Å². The highest BCUT2D eigenvalue weighted by Crippen LogP contribution is 2.29. The van der Waals surface area contributed by atoms with Crippen LogP contribution in [0.25, 0.3) is 11.1 Å². The number of nitrogens with two attached hydrogens (primary N) is 1. The maximum atomic E-state index is 12.4. The van der Waals surface area contributed by atoms with Crippen LogP contribution in [0.5, 0.6) is 5.75 Å². The monoisotopic (exact) mass is 525 g/mol. The highest BCUT2D eigenvalue weighted by molar-refractivity contribution is 7.89. The van der Waals surface area contributed by atoms with Gasteiger partial charge < -0.3 is 20.9 Å². The number of anilines is 1. The molecule has 0 unspecified atom stereocenters. The molecule has 8 nitrogen and oxygen atoms in total. The molecule has 3 rings (SSSR count). The van der Waals surface area contributed by atoms with Crippen molar-refractivity contribution in [3.8, 4) is 16.9 Å². The summed E-state index contributed by atoms with van der Waals surface area (Å²) in [5.74, 6) is -0.403. The third-order valence-corrected chi connectivity index (χ3v) is 6.19. The summed E-state index contributed by atoms with van der Waals surface area (Å²) in [6.07, 6.45) is 1.98. The lowest BCUT2D eigenvalue weighted by atomic mass is 10.00. The molecule has 37 heavy (non-hydrogen) atoms. The number of carbonyl (C=O) groups is 1. The van der Waals surface area contributed by atoms with Crippen LogP contribution in [0.1, 0.15) is 47.9 Å². The molecule has 3 aromatic carbocycles. The number of nitrogens with one attached hydrogen (secondary N) is 2. The van der Waals surface area contributed by atoms with Crippen LogP contribution in [0.3, 0.4) is 0 Å². The van der Waals surface area contributed by atoms with Gasteiger partial charge in [-0.25, -0.2) is 13.1 Å². The molecule has 1 amide bonds. The SMILES string of the molecule is CC(C)Oc1cc(-c2ccc(CCCNC[C@H](O)c3ccc(N)cc3)cc2)ccc1C(=O)NS(C)(=O)=O. The number of ether oxygens (including phenoxy) is 1.